The highest BCUT2D eigenvalue weighted by Gasteiger charge is 2.08. The second kappa shape index (κ2) is 9.32. The molecule has 0 aliphatic rings. The summed E-state index contributed by atoms with van der Waals surface area (Å²) in [6.07, 6.45) is 1.56. The molecule has 150 valence electrons. The second-order valence-electron chi connectivity index (χ2n) is 6.48. The van der Waals surface area contributed by atoms with E-state index in [0.29, 0.717) is 12.4 Å². The van der Waals surface area contributed by atoms with Gasteiger partial charge in [-0.2, -0.15) is 5.10 Å². The summed E-state index contributed by atoms with van der Waals surface area (Å²) >= 11 is 3.42. The predicted octanol–water partition coefficient (Wildman–Crippen LogP) is 3.92. The number of hydrogen-bond acceptors (Lipinski definition) is 5. The van der Waals surface area contributed by atoms with Crippen LogP contribution in [0.3, 0.4) is 0 Å². The summed E-state index contributed by atoms with van der Waals surface area (Å²) in [4.78, 5) is 12.2. The topological polar surface area (TPSA) is 81.4 Å². The number of nitrogens with zero attached hydrogens (tertiary/aromatic N) is 4. The van der Waals surface area contributed by atoms with Crippen LogP contribution in [0.25, 0.3) is 11.0 Å². The quantitative estimate of drug-likeness (QED) is 0.332. The molecule has 3 aromatic carbocycles. The normalized spacial score (nSPS) is 11.1. The number of nitrogens with one attached hydrogen (secondary N) is 1. The Hall–Kier alpha value is -3.52. The highest BCUT2D eigenvalue weighted by atomic mass is 79.9. The van der Waals surface area contributed by atoms with Crippen LogP contribution in [0, 0.1) is 0 Å². The van der Waals surface area contributed by atoms with Gasteiger partial charge in [-0.3, -0.25) is 4.79 Å². The Bertz CT molecular complexity index is 1190. The SMILES string of the molecule is O=C(Cn1nnc2ccccc21)N/N=C\c1ccccc1OCc1ccc(Br)cc1. The minimum absolute atomic E-state index is 0.0273. The Morgan fingerprint density at radius 1 is 1.07 bits per heavy atom. The van der Waals surface area contributed by atoms with E-state index in [4.69, 9.17) is 4.74 Å². The van der Waals surface area contributed by atoms with Crippen LogP contribution in [-0.2, 0) is 17.9 Å². The molecule has 0 bridgehead atoms. The van der Waals surface area contributed by atoms with Crippen molar-refractivity contribution in [3.8, 4) is 5.75 Å². The average molecular weight is 464 g/mol. The molecule has 1 amide bonds. The van der Waals surface area contributed by atoms with E-state index in [2.05, 4.69) is 36.8 Å². The van der Waals surface area contributed by atoms with Gasteiger partial charge in [0.2, 0.25) is 0 Å². The van der Waals surface area contributed by atoms with Gasteiger partial charge in [-0.05, 0) is 42.0 Å². The monoisotopic (exact) mass is 463 g/mol. The van der Waals surface area contributed by atoms with E-state index in [-0.39, 0.29) is 12.5 Å². The number of carbonyl (C=O) groups is 1. The zero-order valence-electron chi connectivity index (χ0n) is 15.9. The molecule has 7 nitrogen and oxygen atoms in total. The largest absolute Gasteiger partial charge is 0.488 e. The lowest BCUT2D eigenvalue weighted by Gasteiger charge is -2.09. The lowest BCUT2D eigenvalue weighted by atomic mass is 10.2. The van der Waals surface area contributed by atoms with Crippen molar-refractivity contribution >= 4 is 39.1 Å². The summed E-state index contributed by atoms with van der Waals surface area (Å²) in [6, 6.07) is 22.9. The zero-order chi connectivity index (χ0) is 20.8. The van der Waals surface area contributed by atoms with Crippen molar-refractivity contribution in [3.63, 3.8) is 0 Å². The van der Waals surface area contributed by atoms with Crippen LogP contribution in [0.15, 0.2) is 82.4 Å². The van der Waals surface area contributed by atoms with Crippen molar-refractivity contribution in [2.45, 2.75) is 13.2 Å². The molecule has 4 aromatic rings. The van der Waals surface area contributed by atoms with E-state index < -0.39 is 0 Å². The van der Waals surface area contributed by atoms with Gasteiger partial charge in [0.15, 0.2) is 0 Å². The Balaban J connectivity index is 1.36. The molecular weight excluding hydrogens is 446 g/mol. The average Bonchev–Trinajstić information content (AvgIpc) is 3.17. The zero-order valence-corrected chi connectivity index (χ0v) is 17.5. The highest BCUT2D eigenvalue weighted by Crippen LogP contribution is 2.18. The van der Waals surface area contributed by atoms with Crippen molar-refractivity contribution in [2.75, 3.05) is 0 Å². The predicted molar refractivity (Wildman–Crippen MR) is 118 cm³/mol. The van der Waals surface area contributed by atoms with Gasteiger partial charge >= 0.3 is 0 Å². The molecule has 4 rings (SSSR count). The third-order valence-electron chi connectivity index (χ3n) is 4.33. The van der Waals surface area contributed by atoms with Gasteiger partial charge < -0.3 is 4.74 Å². The lowest BCUT2D eigenvalue weighted by molar-refractivity contribution is -0.121. The van der Waals surface area contributed by atoms with Crippen LogP contribution in [0.2, 0.25) is 0 Å². The summed E-state index contributed by atoms with van der Waals surface area (Å²) in [5.41, 5.74) is 5.88. The second-order valence-corrected chi connectivity index (χ2v) is 7.40. The standard InChI is InChI=1S/C22H18BrN5O2/c23-18-11-9-16(10-12-18)15-30-21-8-4-1-5-17(21)13-24-26-22(29)14-28-20-7-3-2-6-19(20)25-27-28/h1-13H,14-15H2,(H,26,29)/b24-13-. The molecule has 1 heterocycles. The van der Waals surface area contributed by atoms with Crippen LogP contribution in [0.1, 0.15) is 11.1 Å². The molecule has 0 fully saturated rings. The number of hydrogen-bond donors (Lipinski definition) is 1. The maximum atomic E-state index is 12.2. The fourth-order valence-corrected chi connectivity index (χ4v) is 3.10. The molecule has 0 saturated heterocycles. The van der Waals surface area contributed by atoms with Crippen molar-refractivity contribution in [1.29, 1.82) is 0 Å². The number of halogens is 1. The summed E-state index contributed by atoms with van der Waals surface area (Å²) in [5, 5.41) is 12.1. The molecule has 0 aliphatic heterocycles. The van der Waals surface area contributed by atoms with Crippen molar-refractivity contribution in [2.24, 2.45) is 5.10 Å². The first-order valence-corrected chi connectivity index (χ1v) is 10.0. The number of para-hydroxylation sites is 2. The van der Waals surface area contributed by atoms with Gasteiger partial charge in [-0.15, -0.1) is 5.10 Å². The molecular formula is C22H18BrN5O2. The summed E-state index contributed by atoms with van der Waals surface area (Å²) in [7, 11) is 0. The molecule has 1 aromatic heterocycles. The number of ether oxygens (including phenoxy) is 1. The first-order valence-electron chi connectivity index (χ1n) is 9.25. The number of carbonyl (C=O) groups excluding carboxylic acids is 1. The van der Waals surface area contributed by atoms with E-state index in [1.54, 1.807) is 6.21 Å². The number of amides is 1. The number of rotatable bonds is 7. The molecule has 1 N–H and O–H groups in total. The van der Waals surface area contributed by atoms with Crippen molar-refractivity contribution in [1.82, 2.24) is 20.4 Å². The third kappa shape index (κ3) is 4.90. The van der Waals surface area contributed by atoms with Gasteiger partial charge in [-0.1, -0.05) is 57.5 Å². The number of fused-ring (bicyclic) bond motifs is 1. The van der Waals surface area contributed by atoms with Crippen LogP contribution >= 0.6 is 15.9 Å². The van der Waals surface area contributed by atoms with E-state index in [0.717, 1.165) is 26.6 Å². The Labute approximate surface area is 181 Å². The molecule has 0 atom stereocenters. The minimum Gasteiger partial charge on any atom is -0.488 e. The first-order chi connectivity index (χ1) is 14.7. The van der Waals surface area contributed by atoms with Crippen LogP contribution in [-0.4, -0.2) is 27.1 Å². The Morgan fingerprint density at radius 2 is 1.83 bits per heavy atom. The summed E-state index contributed by atoms with van der Waals surface area (Å²) < 4.78 is 8.47. The third-order valence-corrected chi connectivity index (χ3v) is 4.86. The number of aromatic nitrogens is 3. The van der Waals surface area contributed by atoms with Gasteiger partial charge in [-0.25, -0.2) is 10.1 Å². The van der Waals surface area contributed by atoms with E-state index in [1.807, 2.05) is 72.8 Å². The van der Waals surface area contributed by atoms with Gasteiger partial charge in [0.1, 0.15) is 24.4 Å². The number of benzene rings is 3. The van der Waals surface area contributed by atoms with E-state index >= 15 is 0 Å². The Kier molecular flexibility index (Phi) is 6.14. The van der Waals surface area contributed by atoms with Gasteiger partial charge in [0.05, 0.1) is 11.7 Å². The van der Waals surface area contributed by atoms with Crippen molar-refractivity contribution < 1.29 is 9.53 Å². The molecule has 0 unspecified atom stereocenters. The van der Waals surface area contributed by atoms with Gasteiger partial charge in [0, 0.05) is 10.0 Å². The highest BCUT2D eigenvalue weighted by molar-refractivity contribution is 9.10. The lowest BCUT2D eigenvalue weighted by Crippen LogP contribution is -2.23. The maximum Gasteiger partial charge on any atom is 0.261 e. The summed E-state index contributed by atoms with van der Waals surface area (Å²) in [6.45, 7) is 0.462. The van der Waals surface area contributed by atoms with E-state index in [1.165, 1.54) is 4.68 Å². The maximum absolute atomic E-state index is 12.2. The van der Waals surface area contributed by atoms with Crippen LogP contribution in [0.5, 0.6) is 5.75 Å². The molecule has 30 heavy (non-hydrogen) atoms. The molecule has 0 spiro atoms. The first kappa shape index (κ1) is 19.8. The number of hydrazone groups is 1. The summed E-state index contributed by atoms with van der Waals surface area (Å²) in [5.74, 6) is 0.385. The van der Waals surface area contributed by atoms with Crippen molar-refractivity contribution in [3.05, 3.63) is 88.4 Å². The molecule has 8 heteroatoms. The minimum atomic E-state index is -0.296. The van der Waals surface area contributed by atoms with E-state index in [9.17, 15) is 4.79 Å². The molecule has 0 aliphatic carbocycles. The smallest absolute Gasteiger partial charge is 0.261 e. The van der Waals surface area contributed by atoms with Crippen LogP contribution < -0.4 is 10.2 Å². The molecule has 0 saturated carbocycles. The molecule has 0 radical (unpaired) electrons. The fraction of sp³-hybridized carbons (Fsp3) is 0.0909. The Morgan fingerprint density at radius 3 is 2.70 bits per heavy atom. The van der Waals surface area contributed by atoms with Crippen LogP contribution in [0.4, 0.5) is 0 Å². The fourth-order valence-electron chi connectivity index (χ4n) is 2.84. The van der Waals surface area contributed by atoms with Gasteiger partial charge in [0.25, 0.3) is 5.91 Å².